The van der Waals surface area contributed by atoms with Crippen LogP contribution in [0.2, 0.25) is 0 Å². The predicted octanol–water partition coefficient (Wildman–Crippen LogP) is 3.22. The Morgan fingerprint density at radius 2 is 1.65 bits per heavy atom. The van der Waals surface area contributed by atoms with E-state index in [1.165, 1.54) is 5.57 Å². The van der Waals surface area contributed by atoms with Crippen LogP contribution in [0.25, 0.3) is 0 Å². The molecule has 1 aromatic carbocycles. The SMILES string of the molecule is COc1ccc(CC=C(C)C)c(OC)c1OC. The number of rotatable bonds is 5. The number of hydrogen-bond donors (Lipinski definition) is 0. The minimum Gasteiger partial charge on any atom is -0.493 e. The molecule has 0 heterocycles. The highest BCUT2D eigenvalue weighted by Gasteiger charge is 2.14. The molecular formula is C14H20O3. The Labute approximate surface area is 103 Å². The van der Waals surface area contributed by atoms with Gasteiger partial charge in [0, 0.05) is 5.56 Å². The van der Waals surface area contributed by atoms with Crippen LogP contribution >= 0.6 is 0 Å². The summed E-state index contributed by atoms with van der Waals surface area (Å²) in [6, 6.07) is 3.90. The van der Waals surface area contributed by atoms with Crippen molar-refractivity contribution in [1.82, 2.24) is 0 Å². The number of allylic oxidation sites excluding steroid dienone is 2. The van der Waals surface area contributed by atoms with Gasteiger partial charge in [0.15, 0.2) is 11.5 Å². The van der Waals surface area contributed by atoms with Crippen molar-refractivity contribution in [2.75, 3.05) is 21.3 Å². The van der Waals surface area contributed by atoms with E-state index in [0.29, 0.717) is 11.5 Å². The number of hydrogen-bond acceptors (Lipinski definition) is 3. The van der Waals surface area contributed by atoms with Crippen LogP contribution in [0.4, 0.5) is 0 Å². The van der Waals surface area contributed by atoms with Crippen LogP contribution in [0.5, 0.6) is 17.2 Å². The molecular weight excluding hydrogens is 216 g/mol. The van der Waals surface area contributed by atoms with E-state index in [9.17, 15) is 0 Å². The zero-order valence-corrected chi connectivity index (χ0v) is 11.2. The molecule has 0 fully saturated rings. The third-order valence-electron chi connectivity index (χ3n) is 2.52. The molecule has 0 radical (unpaired) electrons. The number of ether oxygens (including phenoxy) is 3. The van der Waals surface area contributed by atoms with Crippen LogP contribution in [0.1, 0.15) is 19.4 Å². The summed E-state index contributed by atoms with van der Waals surface area (Å²) in [6.45, 7) is 4.15. The van der Waals surface area contributed by atoms with Gasteiger partial charge >= 0.3 is 0 Å². The first-order valence-electron chi connectivity index (χ1n) is 5.55. The number of methoxy groups -OCH3 is 3. The Morgan fingerprint density at radius 1 is 1.00 bits per heavy atom. The summed E-state index contributed by atoms with van der Waals surface area (Å²) >= 11 is 0. The van der Waals surface area contributed by atoms with Crippen molar-refractivity contribution < 1.29 is 14.2 Å². The first-order valence-corrected chi connectivity index (χ1v) is 5.55. The molecule has 0 amide bonds. The maximum atomic E-state index is 5.41. The predicted molar refractivity (Wildman–Crippen MR) is 69.2 cm³/mol. The van der Waals surface area contributed by atoms with E-state index in [1.54, 1.807) is 21.3 Å². The van der Waals surface area contributed by atoms with E-state index in [0.717, 1.165) is 17.7 Å². The molecule has 3 nitrogen and oxygen atoms in total. The molecule has 17 heavy (non-hydrogen) atoms. The molecule has 0 saturated heterocycles. The Hall–Kier alpha value is -1.64. The molecule has 0 N–H and O–H groups in total. The summed E-state index contributed by atoms with van der Waals surface area (Å²) in [7, 11) is 4.88. The fourth-order valence-electron chi connectivity index (χ4n) is 1.64. The fourth-order valence-corrected chi connectivity index (χ4v) is 1.64. The smallest absolute Gasteiger partial charge is 0.203 e. The minimum absolute atomic E-state index is 0.648. The van der Waals surface area contributed by atoms with E-state index in [2.05, 4.69) is 19.9 Å². The summed E-state index contributed by atoms with van der Waals surface area (Å²) in [5, 5.41) is 0. The Kier molecular flexibility index (Phi) is 4.88. The van der Waals surface area contributed by atoms with Crippen LogP contribution in [0, 0.1) is 0 Å². The van der Waals surface area contributed by atoms with Gasteiger partial charge in [-0.1, -0.05) is 17.7 Å². The maximum absolute atomic E-state index is 5.41. The van der Waals surface area contributed by atoms with Gasteiger partial charge in [-0.15, -0.1) is 0 Å². The molecule has 3 heteroatoms. The van der Waals surface area contributed by atoms with Gasteiger partial charge in [0.1, 0.15) is 0 Å². The molecule has 94 valence electrons. The maximum Gasteiger partial charge on any atom is 0.203 e. The van der Waals surface area contributed by atoms with Gasteiger partial charge in [-0.2, -0.15) is 0 Å². The largest absolute Gasteiger partial charge is 0.493 e. The molecule has 1 aromatic rings. The standard InChI is InChI=1S/C14H20O3/c1-10(2)6-7-11-8-9-12(15-3)14(17-5)13(11)16-4/h6,8-9H,7H2,1-5H3. The molecule has 0 aliphatic heterocycles. The monoisotopic (exact) mass is 236 g/mol. The van der Waals surface area contributed by atoms with Gasteiger partial charge in [-0.25, -0.2) is 0 Å². The summed E-state index contributed by atoms with van der Waals surface area (Å²) in [5.74, 6) is 2.07. The highest BCUT2D eigenvalue weighted by molar-refractivity contribution is 5.56. The molecule has 0 atom stereocenters. The summed E-state index contributed by atoms with van der Waals surface area (Å²) in [4.78, 5) is 0. The van der Waals surface area contributed by atoms with Crippen molar-refractivity contribution in [2.45, 2.75) is 20.3 Å². The average molecular weight is 236 g/mol. The van der Waals surface area contributed by atoms with Gasteiger partial charge in [0.2, 0.25) is 5.75 Å². The van der Waals surface area contributed by atoms with Gasteiger partial charge in [-0.3, -0.25) is 0 Å². The van der Waals surface area contributed by atoms with Gasteiger partial charge in [0.25, 0.3) is 0 Å². The molecule has 0 aliphatic rings. The van der Waals surface area contributed by atoms with Gasteiger partial charge in [0.05, 0.1) is 21.3 Å². The molecule has 0 saturated carbocycles. The van der Waals surface area contributed by atoms with Crippen molar-refractivity contribution in [3.05, 3.63) is 29.3 Å². The van der Waals surface area contributed by atoms with Crippen LogP contribution < -0.4 is 14.2 Å². The van der Waals surface area contributed by atoms with Crippen molar-refractivity contribution in [1.29, 1.82) is 0 Å². The molecule has 1 rings (SSSR count). The lowest BCUT2D eigenvalue weighted by atomic mass is 10.1. The molecule has 0 spiro atoms. The van der Waals surface area contributed by atoms with Crippen molar-refractivity contribution in [2.24, 2.45) is 0 Å². The second-order valence-electron chi connectivity index (χ2n) is 3.98. The highest BCUT2D eigenvalue weighted by Crippen LogP contribution is 2.39. The van der Waals surface area contributed by atoms with Crippen molar-refractivity contribution in [3.8, 4) is 17.2 Å². The lowest BCUT2D eigenvalue weighted by molar-refractivity contribution is 0.322. The van der Waals surface area contributed by atoms with Crippen LogP contribution in [0.15, 0.2) is 23.8 Å². The first kappa shape index (κ1) is 13.4. The van der Waals surface area contributed by atoms with Crippen LogP contribution in [-0.4, -0.2) is 21.3 Å². The summed E-state index contributed by atoms with van der Waals surface area (Å²) < 4.78 is 16.0. The topological polar surface area (TPSA) is 27.7 Å². The highest BCUT2D eigenvalue weighted by atomic mass is 16.5. The first-order chi connectivity index (χ1) is 8.13. The van der Waals surface area contributed by atoms with Gasteiger partial charge in [-0.05, 0) is 26.3 Å². The quantitative estimate of drug-likeness (QED) is 0.735. The van der Waals surface area contributed by atoms with Crippen LogP contribution in [-0.2, 0) is 6.42 Å². The zero-order valence-electron chi connectivity index (χ0n) is 11.2. The molecule has 0 aliphatic carbocycles. The van der Waals surface area contributed by atoms with E-state index in [4.69, 9.17) is 14.2 Å². The van der Waals surface area contributed by atoms with Gasteiger partial charge < -0.3 is 14.2 Å². The van der Waals surface area contributed by atoms with Crippen molar-refractivity contribution >= 4 is 0 Å². The lowest BCUT2D eigenvalue weighted by Gasteiger charge is -2.15. The van der Waals surface area contributed by atoms with E-state index in [-0.39, 0.29) is 0 Å². The zero-order chi connectivity index (χ0) is 12.8. The normalized spacial score (nSPS) is 9.71. The van der Waals surface area contributed by atoms with E-state index >= 15 is 0 Å². The second-order valence-corrected chi connectivity index (χ2v) is 3.98. The van der Waals surface area contributed by atoms with Crippen molar-refractivity contribution in [3.63, 3.8) is 0 Å². The summed E-state index contributed by atoms with van der Waals surface area (Å²) in [5.41, 5.74) is 2.37. The van der Waals surface area contributed by atoms with E-state index < -0.39 is 0 Å². The minimum atomic E-state index is 0.648. The second kappa shape index (κ2) is 6.18. The fraction of sp³-hybridized carbons (Fsp3) is 0.429. The third kappa shape index (κ3) is 3.16. The molecule has 0 bridgehead atoms. The average Bonchev–Trinajstić information content (AvgIpc) is 2.34. The number of benzene rings is 1. The summed E-state index contributed by atoms with van der Waals surface area (Å²) in [6.07, 6.45) is 2.98. The molecule has 0 unspecified atom stereocenters. The Morgan fingerprint density at radius 3 is 2.12 bits per heavy atom. The third-order valence-corrected chi connectivity index (χ3v) is 2.52. The lowest BCUT2D eigenvalue weighted by Crippen LogP contribution is -1.98. The van der Waals surface area contributed by atoms with Crippen LogP contribution in [0.3, 0.4) is 0 Å². The molecule has 0 aromatic heterocycles. The Balaban J connectivity index is 3.18. The van der Waals surface area contributed by atoms with E-state index in [1.807, 2.05) is 12.1 Å². The Bertz CT molecular complexity index is 404.